The van der Waals surface area contributed by atoms with E-state index in [1.54, 1.807) is 0 Å². The third-order valence-electron chi connectivity index (χ3n) is 7.30. The summed E-state index contributed by atoms with van der Waals surface area (Å²) < 4.78 is 12.7. The Bertz CT molecular complexity index is 632. The Hall–Kier alpha value is -0.970. The minimum absolute atomic E-state index is 0.164. The van der Waals surface area contributed by atoms with Gasteiger partial charge in [-0.3, -0.25) is 0 Å². The first-order chi connectivity index (χ1) is 12.3. The molecule has 0 aromatic carbocycles. The Morgan fingerprint density at radius 1 is 1.27 bits per heavy atom. The Morgan fingerprint density at radius 3 is 2.77 bits per heavy atom. The molecule has 1 unspecified atom stereocenters. The summed E-state index contributed by atoms with van der Waals surface area (Å²) in [7, 11) is 0. The van der Waals surface area contributed by atoms with Crippen LogP contribution in [0.5, 0.6) is 0 Å². The molecule has 4 aliphatic heterocycles. The van der Waals surface area contributed by atoms with Gasteiger partial charge in [0, 0.05) is 18.8 Å². The molecule has 6 heteroatoms. The summed E-state index contributed by atoms with van der Waals surface area (Å²) in [5.41, 5.74) is -0.410. The fraction of sp³-hybridized carbons (Fsp3) is 0.850. The van der Waals surface area contributed by atoms with Crippen molar-refractivity contribution in [3.63, 3.8) is 0 Å². The number of nitrogens with zero attached hydrogens (tertiary/aromatic N) is 1. The van der Waals surface area contributed by atoms with Gasteiger partial charge in [-0.25, -0.2) is 9.78 Å². The van der Waals surface area contributed by atoms with Crippen LogP contribution in [-0.2, 0) is 19.2 Å². The highest BCUT2D eigenvalue weighted by Crippen LogP contribution is 2.60. The maximum absolute atomic E-state index is 10.3. The van der Waals surface area contributed by atoms with Crippen molar-refractivity contribution in [1.29, 1.82) is 5.26 Å². The van der Waals surface area contributed by atoms with Gasteiger partial charge >= 0.3 is 0 Å². The largest absolute Gasteiger partial charge is 0.388 e. The maximum atomic E-state index is 10.3. The number of hydrogen-bond acceptors (Lipinski definition) is 6. The van der Waals surface area contributed by atoms with Crippen molar-refractivity contribution in [3.05, 3.63) is 12.2 Å². The molecule has 0 aromatic heterocycles. The highest BCUT2D eigenvalue weighted by Gasteiger charge is 2.69. The molecule has 4 saturated heterocycles. The summed E-state index contributed by atoms with van der Waals surface area (Å²) in [5.74, 6) is 0.461. The second-order valence-electron chi connectivity index (χ2n) is 8.83. The summed E-state index contributed by atoms with van der Waals surface area (Å²) in [6.45, 7) is 9.98. The fourth-order valence-corrected chi connectivity index (χ4v) is 5.68. The zero-order valence-corrected chi connectivity index (χ0v) is 15.8. The van der Waals surface area contributed by atoms with Crippen LogP contribution in [-0.4, -0.2) is 35.0 Å². The SMILES string of the molecule is C=C(C#N)[C@H](O)C[C@H]1O[C@@H]2OC3(C)CC[C@H]4[C@H](C)CC[C@@H]([C@H]1C)[C@@]24OO3. The van der Waals surface area contributed by atoms with Crippen LogP contribution in [0.1, 0.15) is 52.9 Å². The van der Waals surface area contributed by atoms with Crippen molar-refractivity contribution in [2.24, 2.45) is 23.7 Å². The molecular formula is C20H29NO5. The van der Waals surface area contributed by atoms with E-state index in [4.69, 9.17) is 24.5 Å². The third kappa shape index (κ3) is 2.56. The van der Waals surface area contributed by atoms with Crippen LogP contribution in [0.3, 0.4) is 0 Å². The number of aliphatic hydroxyl groups is 1. The van der Waals surface area contributed by atoms with E-state index in [0.717, 1.165) is 25.7 Å². The van der Waals surface area contributed by atoms with Crippen molar-refractivity contribution in [1.82, 2.24) is 0 Å². The Morgan fingerprint density at radius 2 is 2.04 bits per heavy atom. The predicted molar refractivity (Wildman–Crippen MR) is 92.2 cm³/mol. The Balaban J connectivity index is 1.66. The van der Waals surface area contributed by atoms with Crippen molar-refractivity contribution in [2.45, 2.75) is 82.8 Å². The van der Waals surface area contributed by atoms with Gasteiger partial charge in [-0.1, -0.05) is 20.4 Å². The zero-order valence-electron chi connectivity index (χ0n) is 15.8. The zero-order chi connectivity index (χ0) is 18.7. The number of ether oxygens (including phenoxy) is 2. The minimum Gasteiger partial charge on any atom is -0.388 e. The van der Waals surface area contributed by atoms with E-state index in [1.165, 1.54) is 0 Å². The molecule has 0 amide bonds. The van der Waals surface area contributed by atoms with Crippen LogP contribution in [0.4, 0.5) is 0 Å². The Labute approximate surface area is 155 Å². The van der Waals surface area contributed by atoms with Crippen LogP contribution >= 0.6 is 0 Å². The second kappa shape index (κ2) is 6.29. The molecule has 1 aliphatic carbocycles. The molecular weight excluding hydrogens is 334 g/mol. The van der Waals surface area contributed by atoms with Gasteiger partial charge in [-0.05, 0) is 43.9 Å². The summed E-state index contributed by atoms with van der Waals surface area (Å²) in [4.78, 5) is 11.9. The third-order valence-corrected chi connectivity index (χ3v) is 7.30. The van der Waals surface area contributed by atoms with Gasteiger partial charge in [0.1, 0.15) is 0 Å². The summed E-state index contributed by atoms with van der Waals surface area (Å²) >= 11 is 0. The minimum atomic E-state index is -0.893. The number of rotatable bonds is 3. The molecule has 0 aromatic rings. The van der Waals surface area contributed by atoms with Crippen molar-refractivity contribution in [3.8, 4) is 6.07 Å². The number of nitriles is 1. The van der Waals surface area contributed by atoms with Crippen LogP contribution in [0.2, 0.25) is 0 Å². The molecule has 5 aliphatic rings. The normalized spacial score (nSPS) is 51.0. The first-order valence-electron chi connectivity index (χ1n) is 9.78. The van der Waals surface area contributed by atoms with E-state index in [9.17, 15) is 5.11 Å². The van der Waals surface area contributed by atoms with Crippen molar-refractivity contribution >= 4 is 0 Å². The topological polar surface area (TPSA) is 80.9 Å². The molecule has 1 N–H and O–H groups in total. The fourth-order valence-electron chi connectivity index (χ4n) is 5.68. The first kappa shape index (κ1) is 18.4. The molecule has 5 rings (SSSR count). The molecule has 1 spiro atoms. The smallest absolute Gasteiger partial charge is 0.201 e. The highest BCUT2D eigenvalue weighted by atomic mass is 17.3. The van der Waals surface area contributed by atoms with Crippen LogP contribution < -0.4 is 0 Å². The molecule has 0 radical (unpaired) electrons. The number of fused-ring (bicyclic) bond motifs is 2. The maximum Gasteiger partial charge on any atom is 0.201 e. The van der Waals surface area contributed by atoms with Crippen molar-refractivity contribution < 1.29 is 24.4 Å². The van der Waals surface area contributed by atoms with E-state index in [1.807, 2.05) is 13.0 Å². The van der Waals surface area contributed by atoms with Gasteiger partial charge in [-0.2, -0.15) is 5.26 Å². The van der Waals surface area contributed by atoms with Gasteiger partial charge in [0.15, 0.2) is 11.9 Å². The van der Waals surface area contributed by atoms with E-state index >= 15 is 0 Å². The van der Waals surface area contributed by atoms with E-state index in [2.05, 4.69) is 20.4 Å². The lowest BCUT2D eigenvalue weighted by Gasteiger charge is -2.60. The lowest BCUT2D eigenvalue weighted by atomic mass is 9.57. The van der Waals surface area contributed by atoms with Crippen LogP contribution in [0, 0.1) is 35.0 Å². The predicted octanol–water partition coefficient (Wildman–Crippen LogP) is 3.07. The average Bonchev–Trinajstić information content (AvgIpc) is 2.84. The quantitative estimate of drug-likeness (QED) is 0.613. The number of aliphatic hydroxyl groups excluding tert-OH is 1. The van der Waals surface area contributed by atoms with Gasteiger partial charge in [0.05, 0.1) is 23.9 Å². The molecule has 4 heterocycles. The van der Waals surface area contributed by atoms with E-state index in [-0.39, 0.29) is 23.5 Å². The van der Waals surface area contributed by atoms with Gasteiger partial charge in [-0.15, -0.1) is 0 Å². The monoisotopic (exact) mass is 363 g/mol. The van der Waals surface area contributed by atoms with Gasteiger partial charge in [0.2, 0.25) is 5.79 Å². The standard InChI is InChI=1S/C20H29NO5/c1-11-5-6-15-13(3)17(9-16(22)12(2)10-21)23-18-20(15)14(11)7-8-19(4,24-18)25-26-20/h11,13-18,22H,2,5-9H2,1,3-4H3/t11-,13-,14+,15+,16-,17-,18-,19?,20-/m1/s1. The van der Waals surface area contributed by atoms with Gasteiger partial charge < -0.3 is 14.6 Å². The molecule has 5 fully saturated rings. The molecule has 6 nitrogen and oxygen atoms in total. The lowest BCUT2D eigenvalue weighted by Crippen LogP contribution is -2.70. The average molecular weight is 363 g/mol. The molecule has 9 atom stereocenters. The van der Waals surface area contributed by atoms with E-state index < -0.39 is 23.8 Å². The number of hydrogen-bond donors (Lipinski definition) is 1. The highest BCUT2D eigenvalue weighted by molar-refractivity contribution is 5.21. The summed E-state index contributed by atoms with van der Waals surface area (Å²) in [6, 6.07) is 1.94. The van der Waals surface area contributed by atoms with E-state index in [0.29, 0.717) is 18.3 Å². The Kier molecular flexibility index (Phi) is 4.45. The molecule has 144 valence electrons. The van der Waals surface area contributed by atoms with Gasteiger partial charge in [0.25, 0.3) is 0 Å². The van der Waals surface area contributed by atoms with Crippen LogP contribution in [0.25, 0.3) is 0 Å². The van der Waals surface area contributed by atoms with Crippen LogP contribution in [0.15, 0.2) is 12.2 Å². The first-order valence-corrected chi connectivity index (χ1v) is 9.78. The summed E-state index contributed by atoms with van der Waals surface area (Å²) in [5, 5.41) is 19.3. The lowest BCUT2D eigenvalue weighted by molar-refractivity contribution is -0.571. The molecule has 2 bridgehead atoms. The second-order valence-corrected chi connectivity index (χ2v) is 8.83. The summed E-state index contributed by atoms with van der Waals surface area (Å²) in [6.07, 6.45) is 2.68. The molecule has 26 heavy (non-hydrogen) atoms. The van der Waals surface area contributed by atoms with Crippen molar-refractivity contribution in [2.75, 3.05) is 0 Å². The molecule has 1 saturated carbocycles.